The zero-order valence-corrected chi connectivity index (χ0v) is 16.2. The smallest absolute Gasteiger partial charge is 0.338 e. The molecule has 0 bridgehead atoms. The van der Waals surface area contributed by atoms with Gasteiger partial charge in [0.05, 0.1) is 28.8 Å². The topological polar surface area (TPSA) is 56.2 Å². The molecule has 4 rings (SSSR count). The van der Waals surface area contributed by atoms with Crippen molar-refractivity contribution in [3.8, 4) is 0 Å². The normalized spacial score (nSPS) is 16.7. The lowest BCUT2D eigenvalue weighted by Gasteiger charge is -2.30. The van der Waals surface area contributed by atoms with E-state index >= 15 is 0 Å². The molecule has 1 aromatic carbocycles. The van der Waals surface area contributed by atoms with Crippen molar-refractivity contribution < 1.29 is 9.53 Å². The lowest BCUT2D eigenvalue weighted by atomic mass is 9.97. The van der Waals surface area contributed by atoms with Gasteiger partial charge in [-0.2, -0.15) is 11.3 Å². The predicted octanol–water partition coefficient (Wildman–Crippen LogP) is 4.99. The van der Waals surface area contributed by atoms with Crippen LogP contribution in [0, 0.1) is 0 Å². The molecule has 0 saturated heterocycles. The van der Waals surface area contributed by atoms with E-state index in [1.165, 1.54) is 0 Å². The zero-order chi connectivity index (χ0) is 18.4. The fourth-order valence-corrected chi connectivity index (χ4v) is 4.12. The van der Waals surface area contributed by atoms with Crippen molar-refractivity contribution in [2.75, 3.05) is 5.32 Å². The maximum Gasteiger partial charge on any atom is 0.338 e. The summed E-state index contributed by atoms with van der Waals surface area (Å²) in [5, 5.41) is 7.95. The molecule has 1 aliphatic rings. The molecule has 5 nitrogen and oxygen atoms in total. The number of hydrogen-bond acceptors (Lipinski definition) is 5. The molecule has 3 heterocycles. The number of carbonyl (C=O) groups is 1. The standard InChI is InChI=1S/C19H18ClN3O2S/c1-10(2)25-18(24)16-11(3)21-19-22-14-8-13(20)4-5-15(14)23(19)17(16)12-6-7-26-9-12/h4-10,17H,1-3H3,(H,21,22). The molecule has 0 fully saturated rings. The van der Waals surface area contributed by atoms with Gasteiger partial charge in [0.1, 0.15) is 0 Å². The van der Waals surface area contributed by atoms with Gasteiger partial charge in [-0.15, -0.1) is 0 Å². The fourth-order valence-electron chi connectivity index (χ4n) is 3.28. The first-order valence-electron chi connectivity index (χ1n) is 8.34. The van der Waals surface area contributed by atoms with Crippen LogP contribution in [-0.2, 0) is 9.53 Å². The first-order chi connectivity index (χ1) is 12.5. The Morgan fingerprint density at radius 3 is 2.88 bits per heavy atom. The quantitative estimate of drug-likeness (QED) is 0.643. The number of ether oxygens (including phenoxy) is 1. The molecule has 7 heteroatoms. The van der Waals surface area contributed by atoms with Crippen LogP contribution in [0.2, 0.25) is 5.02 Å². The highest BCUT2D eigenvalue weighted by Crippen LogP contribution is 2.40. The summed E-state index contributed by atoms with van der Waals surface area (Å²) in [5.74, 6) is 0.375. The molecular weight excluding hydrogens is 370 g/mol. The third-order valence-electron chi connectivity index (χ3n) is 4.31. The van der Waals surface area contributed by atoms with Gasteiger partial charge in [0.25, 0.3) is 0 Å². The second-order valence-corrected chi connectivity index (χ2v) is 7.73. The van der Waals surface area contributed by atoms with Crippen LogP contribution >= 0.6 is 22.9 Å². The van der Waals surface area contributed by atoms with Crippen LogP contribution in [0.25, 0.3) is 11.0 Å². The number of nitrogens with one attached hydrogen (secondary N) is 1. The van der Waals surface area contributed by atoms with Crippen LogP contribution in [0.15, 0.2) is 46.3 Å². The van der Waals surface area contributed by atoms with Crippen molar-refractivity contribution in [2.45, 2.75) is 32.9 Å². The van der Waals surface area contributed by atoms with Gasteiger partial charge in [-0.25, -0.2) is 9.78 Å². The van der Waals surface area contributed by atoms with Crippen molar-refractivity contribution >= 4 is 45.9 Å². The Labute approximate surface area is 160 Å². The van der Waals surface area contributed by atoms with Crippen LogP contribution in [0.5, 0.6) is 0 Å². The average molecular weight is 388 g/mol. The number of allylic oxidation sites excluding steroid dienone is 1. The number of aromatic nitrogens is 2. The maximum atomic E-state index is 12.9. The number of fused-ring (bicyclic) bond motifs is 3. The largest absolute Gasteiger partial charge is 0.459 e. The number of imidazole rings is 1. The molecule has 2 aromatic heterocycles. The maximum absolute atomic E-state index is 12.9. The van der Waals surface area contributed by atoms with E-state index in [9.17, 15) is 4.79 Å². The summed E-state index contributed by atoms with van der Waals surface area (Å²) in [6.45, 7) is 5.58. The van der Waals surface area contributed by atoms with Gasteiger partial charge in [-0.3, -0.25) is 4.57 Å². The van der Waals surface area contributed by atoms with Gasteiger partial charge in [0.2, 0.25) is 5.95 Å². The Hall–Kier alpha value is -2.31. The molecule has 1 atom stereocenters. The third kappa shape index (κ3) is 2.79. The number of rotatable bonds is 3. The van der Waals surface area contributed by atoms with Crippen LogP contribution in [0.4, 0.5) is 5.95 Å². The van der Waals surface area contributed by atoms with Gasteiger partial charge >= 0.3 is 5.97 Å². The zero-order valence-electron chi connectivity index (χ0n) is 14.6. The van der Waals surface area contributed by atoms with E-state index in [0.717, 1.165) is 22.3 Å². The highest BCUT2D eigenvalue weighted by molar-refractivity contribution is 7.08. The molecule has 0 saturated carbocycles. The minimum absolute atomic E-state index is 0.189. The van der Waals surface area contributed by atoms with Gasteiger partial charge < -0.3 is 10.1 Å². The number of thiophene rings is 1. The second kappa shape index (κ2) is 6.45. The van der Waals surface area contributed by atoms with Crippen molar-refractivity contribution in [3.05, 3.63) is 56.9 Å². The van der Waals surface area contributed by atoms with Gasteiger partial charge in [-0.1, -0.05) is 11.6 Å². The number of hydrogen-bond donors (Lipinski definition) is 1. The second-order valence-electron chi connectivity index (χ2n) is 6.52. The van der Waals surface area contributed by atoms with E-state index in [1.54, 1.807) is 11.3 Å². The van der Waals surface area contributed by atoms with Crippen LogP contribution in [-0.4, -0.2) is 21.6 Å². The number of benzene rings is 1. The third-order valence-corrected chi connectivity index (χ3v) is 5.24. The summed E-state index contributed by atoms with van der Waals surface area (Å²) < 4.78 is 7.56. The molecule has 1 unspecified atom stereocenters. The van der Waals surface area contributed by atoms with E-state index < -0.39 is 0 Å². The number of nitrogens with zero attached hydrogens (tertiary/aromatic N) is 2. The van der Waals surface area contributed by atoms with Crippen molar-refractivity contribution in [3.63, 3.8) is 0 Å². The Kier molecular flexibility index (Phi) is 4.25. The van der Waals surface area contributed by atoms with Gasteiger partial charge in [-0.05, 0) is 61.4 Å². The van der Waals surface area contributed by atoms with Crippen molar-refractivity contribution in [2.24, 2.45) is 0 Å². The predicted molar refractivity (Wildman–Crippen MR) is 105 cm³/mol. The summed E-state index contributed by atoms with van der Waals surface area (Å²) in [4.78, 5) is 17.5. The van der Waals surface area contributed by atoms with Crippen molar-refractivity contribution in [1.29, 1.82) is 0 Å². The molecule has 0 amide bonds. The minimum Gasteiger partial charge on any atom is -0.459 e. The van der Waals surface area contributed by atoms with E-state index in [1.807, 2.05) is 55.0 Å². The molecule has 3 aromatic rings. The van der Waals surface area contributed by atoms with Gasteiger partial charge in [0, 0.05) is 10.7 Å². The number of anilines is 1. The Morgan fingerprint density at radius 2 is 2.19 bits per heavy atom. The average Bonchev–Trinajstić information content (AvgIpc) is 3.19. The molecule has 0 aliphatic carbocycles. The Balaban J connectivity index is 1.94. The highest BCUT2D eigenvalue weighted by Gasteiger charge is 2.35. The first kappa shape index (κ1) is 17.1. The molecule has 1 N–H and O–H groups in total. The molecule has 0 radical (unpaired) electrons. The van der Waals surface area contributed by atoms with E-state index in [4.69, 9.17) is 16.3 Å². The van der Waals surface area contributed by atoms with E-state index in [2.05, 4.69) is 15.7 Å². The van der Waals surface area contributed by atoms with Crippen LogP contribution < -0.4 is 5.32 Å². The SMILES string of the molecule is CC1=C(C(=O)OC(C)C)C(c2ccsc2)n2c(nc3cc(Cl)ccc32)N1. The molecule has 26 heavy (non-hydrogen) atoms. The first-order valence-corrected chi connectivity index (χ1v) is 9.66. The molecule has 0 spiro atoms. The van der Waals surface area contributed by atoms with E-state index in [0.29, 0.717) is 16.5 Å². The lowest BCUT2D eigenvalue weighted by molar-refractivity contribution is -0.143. The van der Waals surface area contributed by atoms with E-state index in [-0.39, 0.29) is 18.1 Å². The Bertz CT molecular complexity index is 1020. The number of halogens is 1. The minimum atomic E-state index is -0.317. The molecular formula is C19H18ClN3O2S. The Morgan fingerprint density at radius 1 is 1.38 bits per heavy atom. The summed E-state index contributed by atoms with van der Waals surface area (Å²) in [6.07, 6.45) is -0.189. The summed E-state index contributed by atoms with van der Waals surface area (Å²) >= 11 is 7.73. The molecule has 1 aliphatic heterocycles. The summed E-state index contributed by atoms with van der Waals surface area (Å²) in [6, 6.07) is 7.33. The van der Waals surface area contributed by atoms with Crippen LogP contribution in [0.1, 0.15) is 32.4 Å². The monoisotopic (exact) mass is 387 g/mol. The van der Waals surface area contributed by atoms with Crippen molar-refractivity contribution in [1.82, 2.24) is 9.55 Å². The highest BCUT2D eigenvalue weighted by atomic mass is 35.5. The summed E-state index contributed by atoms with van der Waals surface area (Å²) in [5.41, 5.74) is 4.07. The fraction of sp³-hybridized carbons (Fsp3) is 0.263. The van der Waals surface area contributed by atoms with Crippen LogP contribution in [0.3, 0.4) is 0 Å². The lowest BCUT2D eigenvalue weighted by Crippen LogP contribution is -2.29. The molecule has 134 valence electrons. The van der Waals surface area contributed by atoms with Gasteiger partial charge in [0.15, 0.2) is 0 Å². The number of carbonyl (C=O) groups excluding carboxylic acids is 1. The summed E-state index contributed by atoms with van der Waals surface area (Å²) in [7, 11) is 0. The number of esters is 1.